The summed E-state index contributed by atoms with van der Waals surface area (Å²) in [5.41, 5.74) is 2.39. The molecule has 0 aliphatic heterocycles. The summed E-state index contributed by atoms with van der Waals surface area (Å²) < 4.78 is 7.11. The lowest BCUT2D eigenvalue weighted by Gasteiger charge is -2.15. The third-order valence-corrected chi connectivity index (χ3v) is 3.11. The van der Waals surface area contributed by atoms with Crippen LogP contribution in [-0.2, 0) is 13.6 Å². The van der Waals surface area contributed by atoms with E-state index in [1.807, 2.05) is 36.1 Å². The first-order valence-corrected chi connectivity index (χ1v) is 6.05. The zero-order valence-electron chi connectivity index (χ0n) is 11.1. The second-order valence-electron chi connectivity index (χ2n) is 4.33. The second kappa shape index (κ2) is 5.69. The van der Waals surface area contributed by atoms with Crippen molar-refractivity contribution in [3.05, 3.63) is 47.8 Å². The molecule has 0 amide bonds. The summed E-state index contributed by atoms with van der Waals surface area (Å²) in [5, 5.41) is 7.63. The van der Waals surface area contributed by atoms with Crippen LogP contribution < -0.4 is 10.1 Å². The molecule has 0 radical (unpaired) electrons. The fourth-order valence-corrected chi connectivity index (χ4v) is 1.86. The Bertz CT molecular complexity index is 507. The van der Waals surface area contributed by atoms with Crippen LogP contribution in [0.5, 0.6) is 5.75 Å². The minimum atomic E-state index is 0.273. The number of ether oxygens (including phenoxy) is 1. The van der Waals surface area contributed by atoms with Gasteiger partial charge in [-0.05, 0) is 30.7 Å². The summed E-state index contributed by atoms with van der Waals surface area (Å²) in [5.74, 6) is 0.890. The van der Waals surface area contributed by atoms with Crippen LogP contribution >= 0.6 is 0 Å². The lowest BCUT2D eigenvalue weighted by Crippen LogP contribution is -2.19. The number of methoxy groups -OCH3 is 1. The maximum Gasteiger partial charge on any atom is 0.119 e. The Hall–Kier alpha value is -1.81. The van der Waals surface area contributed by atoms with Crippen molar-refractivity contribution in [1.82, 2.24) is 15.1 Å². The lowest BCUT2D eigenvalue weighted by molar-refractivity contribution is 0.413. The molecule has 4 nitrogen and oxygen atoms in total. The molecule has 0 fully saturated rings. The Morgan fingerprint density at radius 1 is 1.39 bits per heavy atom. The minimum absolute atomic E-state index is 0.273. The van der Waals surface area contributed by atoms with Crippen LogP contribution in [0.25, 0.3) is 0 Å². The van der Waals surface area contributed by atoms with Crippen LogP contribution in [0.2, 0.25) is 0 Å². The Kier molecular flexibility index (Phi) is 3.99. The number of nitrogens with one attached hydrogen (secondary N) is 1. The third kappa shape index (κ3) is 2.90. The minimum Gasteiger partial charge on any atom is -0.497 e. The number of nitrogens with zero attached hydrogens (tertiary/aromatic N) is 2. The molecule has 0 unspecified atom stereocenters. The molecule has 0 saturated carbocycles. The molecule has 0 saturated heterocycles. The molecule has 1 N–H and O–H groups in total. The van der Waals surface area contributed by atoms with E-state index in [-0.39, 0.29) is 6.04 Å². The van der Waals surface area contributed by atoms with Crippen molar-refractivity contribution in [2.75, 3.05) is 7.11 Å². The molecule has 96 valence electrons. The zero-order valence-corrected chi connectivity index (χ0v) is 11.1. The van der Waals surface area contributed by atoms with E-state index in [9.17, 15) is 0 Å². The highest BCUT2D eigenvalue weighted by atomic mass is 16.5. The van der Waals surface area contributed by atoms with E-state index in [1.54, 1.807) is 7.11 Å². The second-order valence-corrected chi connectivity index (χ2v) is 4.33. The molecule has 0 bridgehead atoms. The summed E-state index contributed by atoms with van der Waals surface area (Å²) >= 11 is 0. The summed E-state index contributed by atoms with van der Waals surface area (Å²) in [6, 6.07) is 10.4. The van der Waals surface area contributed by atoms with Gasteiger partial charge in [0, 0.05) is 25.8 Å². The molecule has 0 aliphatic rings. The van der Waals surface area contributed by atoms with Gasteiger partial charge in [-0.15, -0.1) is 0 Å². The van der Waals surface area contributed by atoms with Crippen molar-refractivity contribution in [2.45, 2.75) is 19.5 Å². The number of aryl methyl sites for hydroxylation is 1. The van der Waals surface area contributed by atoms with E-state index in [0.29, 0.717) is 0 Å². The lowest BCUT2D eigenvalue weighted by atomic mass is 10.1. The van der Waals surface area contributed by atoms with Gasteiger partial charge < -0.3 is 10.1 Å². The van der Waals surface area contributed by atoms with Crippen LogP contribution in [0.4, 0.5) is 0 Å². The maximum atomic E-state index is 5.23. The van der Waals surface area contributed by atoms with Gasteiger partial charge in [-0.2, -0.15) is 5.10 Å². The van der Waals surface area contributed by atoms with Crippen molar-refractivity contribution in [2.24, 2.45) is 7.05 Å². The van der Waals surface area contributed by atoms with Crippen molar-refractivity contribution >= 4 is 0 Å². The molecule has 1 atom stereocenters. The quantitative estimate of drug-likeness (QED) is 0.878. The highest BCUT2D eigenvalue weighted by molar-refractivity contribution is 5.30. The first-order valence-electron chi connectivity index (χ1n) is 6.05. The van der Waals surface area contributed by atoms with Gasteiger partial charge in [-0.25, -0.2) is 0 Å². The normalized spacial score (nSPS) is 12.4. The largest absolute Gasteiger partial charge is 0.497 e. The van der Waals surface area contributed by atoms with Crippen molar-refractivity contribution in [3.63, 3.8) is 0 Å². The Labute approximate surface area is 108 Å². The SMILES string of the molecule is COc1cccc([C@@H](C)NCc2ccnn2C)c1. The van der Waals surface area contributed by atoms with E-state index >= 15 is 0 Å². The molecule has 1 aromatic carbocycles. The highest BCUT2D eigenvalue weighted by Crippen LogP contribution is 2.18. The van der Waals surface area contributed by atoms with E-state index < -0.39 is 0 Å². The van der Waals surface area contributed by atoms with Gasteiger partial charge >= 0.3 is 0 Å². The smallest absolute Gasteiger partial charge is 0.119 e. The maximum absolute atomic E-state index is 5.23. The monoisotopic (exact) mass is 245 g/mol. The average Bonchev–Trinajstić information content (AvgIpc) is 2.81. The van der Waals surface area contributed by atoms with Crippen molar-refractivity contribution < 1.29 is 4.74 Å². The summed E-state index contributed by atoms with van der Waals surface area (Å²) in [7, 11) is 3.64. The predicted molar refractivity (Wildman–Crippen MR) is 71.5 cm³/mol. The number of benzene rings is 1. The fraction of sp³-hybridized carbons (Fsp3) is 0.357. The van der Waals surface area contributed by atoms with Gasteiger partial charge in [-0.1, -0.05) is 12.1 Å². The zero-order chi connectivity index (χ0) is 13.0. The number of rotatable bonds is 5. The standard InChI is InChI=1S/C14H19N3O/c1-11(12-5-4-6-14(9-12)18-3)15-10-13-7-8-16-17(13)2/h4-9,11,15H,10H2,1-3H3/t11-/m1/s1. The predicted octanol–water partition coefficient (Wildman–Crippen LogP) is 2.28. The molecule has 1 heterocycles. The number of aromatic nitrogens is 2. The van der Waals surface area contributed by atoms with Crippen LogP contribution in [-0.4, -0.2) is 16.9 Å². The third-order valence-electron chi connectivity index (χ3n) is 3.11. The Morgan fingerprint density at radius 2 is 2.22 bits per heavy atom. The molecular weight excluding hydrogens is 226 g/mol. The summed E-state index contributed by atoms with van der Waals surface area (Å²) in [6.07, 6.45) is 1.81. The molecule has 2 aromatic rings. The molecule has 4 heteroatoms. The van der Waals surface area contributed by atoms with Gasteiger partial charge in [0.25, 0.3) is 0 Å². The van der Waals surface area contributed by atoms with Crippen LogP contribution in [0, 0.1) is 0 Å². The Balaban J connectivity index is 1.99. The first kappa shape index (κ1) is 12.6. The van der Waals surface area contributed by atoms with Crippen LogP contribution in [0.3, 0.4) is 0 Å². The first-order chi connectivity index (χ1) is 8.70. The van der Waals surface area contributed by atoms with Crippen LogP contribution in [0.15, 0.2) is 36.5 Å². The van der Waals surface area contributed by atoms with E-state index in [1.165, 1.54) is 11.3 Å². The van der Waals surface area contributed by atoms with E-state index in [2.05, 4.69) is 29.5 Å². The summed E-state index contributed by atoms with van der Waals surface area (Å²) in [6.45, 7) is 2.94. The van der Waals surface area contributed by atoms with Gasteiger partial charge in [0.1, 0.15) is 5.75 Å². The average molecular weight is 245 g/mol. The molecule has 2 rings (SSSR count). The molecule has 0 spiro atoms. The van der Waals surface area contributed by atoms with Gasteiger partial charge in [0.2, 0.25) is 0 Å². The van der Waals surface area contributed by atoms with Crippen molar-refractivity contribution in [3.8, 4) is 5.75 Å². The van der Waals surface area contributed by atoms with E-state index in [4.69, 9.17) is 4.74 Å². The number of hydrogen-bond donors (Lipinski definition) is 1. The summed E-state index contributed by atoms with van der Waals surface area (Å²) in [4.78, 5) is 0. The topological polar surface area (TPSA) is 39.1 Å². The van der Waals surface area contributed by atoms with Gasteiger partial charge in [0.15, 0.2) is 0 Å². The molecular formula is C14H19N3O. The van der Waals surface area contributed by atoms with Gasteiger partial charge in [-0.3, -0.25) is 4.68 Å². The Morgan fingerprint density at radius 3 is 2.89 bits per heavy atom. The molecule has 0 aliphatic carbocycles. The molecule has 18 heavy (non-hydrogen) atoms. The van der Waals surface area contributed by atoms with Gasteiger partial charge in [0.05, 0.1) is 12.8 Å². The fourth-order valence-electron chi connectivity index (χ4n) is 1.86. The molecule has 1 aromatic heterocycles. The van der Waals surface area contributed by atoms with Crippen LogP contribution in [0.1, 0.15) is 24.2 Å². The van der Waals surface area contributed by atoms with E-state index in [0.717, 1.165) is 12.3 Å². The highest BCUT2D eigenvalue weighted by Gasteiger charge is 2.07. The number of hydrogen-bond acceptors (Lipinski definition) is 3. The van der Waals surface area contributed by atoms with Crippen molar-refractivity contribution in [1.29, 1.82) is 0 Å².